The Morgan fingerprint density at radius 3 is 2.77 bits per heavy atom. The molecule has 1 atom stereocenters. The summed E-state index contributed by atoms with van der Waals surface area (Å²) < 4.78 is 1.02. The normalized spacial score (nSPS) is 11.8. The molecule has 0 aliphatic carbocycles. The maximum absolute atomic E-state index is 9.30. The van der Waals surface area contributed by atoms with Gasteiger partial charge in [-0.25, -0.2) is 4.98 Å². The van der Waals surface area contributed by atoms with Crippen LogP contribution in [0.1, 0.15) is 12.5 Å². The van der Waals surface area contributed by atoms with Crippen molar-refractivity contribution in [2.45, 2.75) is 19.9 Å². The van der Waals surface area contributed by atoms with Crippen molar-refractivity contribution in [3.05, 3.63) is 58.8 Å². The molecule has 0 amide bonds. The zero-order valence-corrected chi connectivity index (χ0v) is 16.2. The number of aromatic nitrogens is 3. The summed E-state index contributed by atoms with van der Waals surface area (Å²) in [5.74, 6) is 1.11. The van der Waals surface area contributed by atoms with Crippen molar-refractivity contribution in [1.82, 2.24) is 15.0 Å². The van der Waals surface area contributed by atoms with E-state index in [9.17, 15) is 5.11 Å². The van der Waals surface area contributed by atoms with Gasteiger partial charge in [0.15, 0.2) is 0 Å². The highest BCUT2D eigenvalue weighted by molar-refractivity contribution is 9.10. The largest absolute Gasteiger partial charge is 0.394 e. The molecule has 0 aliphatic rings. The molecular weight excluding hydrogens is 394 g/mol. The van der Waals surface area contributed by atoms with Gasteiger partial charge in [0.25, 0.3) is 0 Å². The highest BCUT2D eigenvalue weighted by Crippen LogP contribution is 2.28. The fourth-order valence-corrected chi connectivity index (χ4v) is 2.75. The third-order valence-corrected chi connectivity index (χ3v) is 4.72. The molecule has 7 heteroatoms. The number of aliphatic hydroxyl groups is 1. The van der Waals surface area contributed by atoms with E-state index >= 15 is 0 Å². The summed E-state index contributed by atoms with van der Waals surface area (Å²) in [6.45, 7) is 3.89. The zero-order valence-electron chi connectivity index (χ0n) is 14.6. The molecule has 26 heavy (non-hydrogen) atoms. The predicted molar refractivity (Wildman–Crippen MR) is 108 cm³/mol. The third kappa shape index (κ3) is 4.36. The van der Waals surface area contributed by atoms with Gasteiger partial charge in [-0.1, -0.05) is 22.0 Å². The Balaban J connectivity index is 2.00. The van der Waals surface area contributed by atoms with E-state index in [1.165, 1.54) is 0 Å². The highest BCUT2D eigenvalue weighted by Gasteiger charge is 2.11. The van der Waals surface area contributed by atoms with Crippen LogP contribution < -0.4 is 10.6 Å². The molecule has 0 bridgehead atoms. The first-order valence-electron chi connectivity index (χ1n) is 8.26. The number of hydrogen-bond donors (Lipinski definition) is 3. The maximum atomic E-state index is 9.30. The summed E-state index contributed by atoms with van der Waals surface area (Å²) in [4.78, 5) is 13.2. The Kier molecular flexibility index (Phi) is 5.80. The number of nitrogens with zero attached hydrogens (tertiary/aromatic N) is 3. The zero-order chi connectivity index (χ0) is 18.5. The maximum Gasteiger partial charge on any atom is 0.225 e. The second kappa shape index (κ2) is 8.25. The fraction of sp³-hybridized carbons (Fsp3) is 0.211. The van der Waals surface area contributed by atoms with Crippen molar-refractivity contribution in [2.24, 2.45) is 0 Å². The fourth-order valence-electron chi connectivity index (χ4n) is 2.38. The Bertz CT molecular complexity index is 888. The SMILES string of the molecule is Cc1c(Br)cccc1Nc1cc(-c2cccnc2)nc(N[C@H](C)CO)n1. The highest BCUT2D eigenvalue weighted by atomic mass is 79.9. The van der Waals surface area contributed by atoms with Gasteiger partial charge in [-0.2, -0.15) is 4.98 Å². The quantitative estimate of drug-likeness (QED) is 0.562. The standard InChI is InChI=1S/C19H20BrN5O/c1-12(11-26)22-19-24-17(14-5-4-8-21-10-14)9-18(25-19)23-16-7-3-6-15(20)13(16)2/h3-10,12,26H,11H2,1-2H3,(H2,22,23,24,25)/t12-/m1/s1. The topological polar surface area (TPSA) is 83.0 Å². The first-order valence-corrected chi connectivity index (χ1v) is 9.05. The van der Waals surface area contributed by atoms with E-state index < -0.39 is 0 Å². The van der Waals surface area contributed by atoms with Crippen molar-refractivity contribution in [3.8, 4) is 11.3 Å². The minimum Gasteiger partial charge on any atom is -0.394 e. The van der Waals surface area contributed by atoms with Crippen molar-refractivity contribution in [3.63, 3.8) is 0 Å². The summed E-state index contributed by atoms with van der Waals surface area (Å²) >= 11 is 3.55. The molecule has 0 radical (unpaired) electrons. The van der Waals surface area contributed by atoms with E-state index in [2.05, 4.69) is 41.5 Å². The van der Waals surface area contributed by atoms with E-state index in [1.807, 2.05) is 50.2 Å². The van der Waals surface area contributed by atoms with Gasteiger partial charge in [0.1, 0.15) is 5.82 Å². The minimum atomic E-state index is -0.153. The third-order valence-electron chi connectivity index (χ3n) is 3.86. The van der Waals surface area contributed by atoms with E-state index in [0.29, 0.717) is 11.8 Å². The first kappa shape index (κ1) is 18.3. The summed E-state index contributed by atoms with van der Waals surface area (Å²) in [6, 6.07) is 11.5. The number of halogens is 1. The predicted octanol–water partition coefficient (Wildman–Crippen LogP) is 4.15. The number of hydrogen-bond acceptors (Lipinski definition) is 6. The van der Waals surface area contributed by atoms with Crippen LogP contribution in [0.5, 0.6) is 0 Å². The molecular formula is C19H20BrN5O. The number of pyridine rings is 1. The smallest absolute Gasteiger partial charge is 0.225 e. The summed E-state index contributed by atoms with van der Waals surface area (Å²) in [5.41, 5.74) is 3.68. The Labute approximate surface area is 160 Å². The molecule has 134 valence electrons. The van der Waals surface area contributed by atoms with Crippen molar-refractivity contribution < 1.29 is 5.11 Å². The molecule has 3 aromatic rings. The van der Waals surface area contributed by atoms with Crippen molar-refractivity contribution >= 4 is 33.4 Å². The lowest BCUT2D eigenvalue weighted by Gasteiger charge is -2.15. The number of nitrogens with one attached hydrogen (secondary N) is 2. The molecule has 0 aliphatic heterocycles. The van der Waals surface area contributed by atoms with Gasteiger partial charge in [0.2, 0.25) is 5.95 Å². The summed E-state index contributed by atoms with van der Waals surface area (Å²) in [6.07, 6.45) is 3.48. The van der Waals surface area contributed by atoms with Crippen LogP contribution in [-0.4, -0.2) is 32.7 Å². The van der Waals surface area contributed by atoms with Crippen LogP contribution in [0.4, 0.5) is 17.5 Å². The molecule has 0 saturated carbocycles. The molecule has 2 heterocycles. The van der Waals surface area contributed by atoms with E-state index in [-0.39, 0.29) is 12.6 Å². The summed E-state index contributed by atoms with van der Waals surface area (Å²) in [7, 11) is 0. The second-order valence-corrected chi connectivity index (χ2v) is 6.82. The molecule has 0 spiro atoms. The Morgan fingerprint density at radius 1 is 1.19 bits per heavy atom. The molecule has 6 nitrogen and oxygen atoms in total. The molecule has 0 saturated heterocycles. The lowest BCUT2D eigenvalue weighted by Crippen LogP contribution is -2.21. The van der Waals surface area contributed by atoms with Crippen LogP contribution in [0, 0.1) is 6.92 Å². The van der Waals surface area contributed by atoms with E-state index in [4.69, 9.17) is 0 Å². The number of rotatable bonds is 6. The summed E-state index contributed by atoms with van der Waals surface area (Å²) in [5, 5.41) is 15.8. The van der Waals surface area contributed by atoms with Crippen molar-refractivity contribution in [1.29, 1.82) is 0 Å². The number of anilines is 3. The van der Waals surface area contributed by atoms with Gasteiger partial charge in [0.05, 0.1) is 12.3 Å². The molecule has 0 unspecified atom stereocenters. The van der Waals surface area contributed by atoms with Crippen LogP contribution in [0.15, 0.2) is 53.3 Å². The van der Waals surface area contributed by atoms with Gasteiger partial charge < -0.3 is 15.7 Å². The second-order valence-electron chi connectivity index (χ2n) is 5.97. The van der Waals surface area contributed by atoms with Crippen LogP contribution in [-0.2, 0) is 0 Å². The molecule has 2 aromatic heterocycles. The van der Waals surface area contributed by atoms with Gasteiger partial charge in [-0.15, -0.1) is 0 Å². The van der Waals surface area contributed by atoms with Gasteiger partial charge >= 0.3 is 0 Å². The van der Waals surface area contributed by atoms with E-state index in [0.717, 1.165) is 27.0 Å². The van der Waals surface area contributed by atoms with Gasteiger partial charge in [-0.3, -0.25) is 4.98 Å². The molecule has 1 aromatic carbocycles. The van der Waals surface area contributed by atoms with Crippen LogP contribution in [0.3, 0.4) is 0 Å². The molecule has 0 fully saturated rings. The molecule has 3 rings (SSSR count). The lowest BCUT2D eigenvalue weighted by atomic mass is 10.2. The first-order chi connectivity index (χ1) is 12.6. The van der Waals surface area contributed by atoms with Crippen molar-refractivity contribution in [2.75, 3.05) is 17.2 Å². The minimum absolute atomic E-state index is 0.00597. The van der Waals surface area contributed by atoms with Crippen LogP contribution in [0.25, 0.3) is 11.3 Å². The van der Waals surface area contributed by atoms with Gasteiger partial charge in [0, 0.05) is 40.2 Å². The Morgan fingerprint density at radius 2 is 2.04 bits per heavy atom. The van der Waals surface area contributed by atoms with Crippen LogP contribution >= 0.6 is 15.9 Å². The monoisotopic (exact) mass is 413 g/mol. The number of benzene rings is 1. The molecule has 3 N–H and O–H groups in total. The average Bonchev–Trinajstić information content (AvgIpc) is 2.66. The number of aliphatic hydroxyl groups excluding tert-OH is 1. The average molecular weight is 414 g/mol. The van der Waals surface area contributed by atoms with E-state index in [1.54, 1.807) is 12.4 Å². The van der Waals surface area contributed by atoms with Crippen LogP contribution in [0.2, 0.25) is 0 Å². The Hall–Kier alpha value is -2.51. The lowest BCUT2D eigenvalue weighted by molar-refractivity contribution is 0.281. The van der Waals surface area contributed by atoms with Gasteiger partial charge in [-0.05, 0) is 43.7 Å².